The molecular formula is C22H16BrN3O3S. The average molecular weight is 482 g/mol. The number of hydrogen-bond acceptors (Lipinski definition) is 5. The van der Waals surface area contributed by atoms with E-state index in [1.165, 1.54) is 0 Å². The summed E-state index contributed by atoms with van der Waals surface area (Å²) in [7, 11) is 0. The molecule has 30 heavy (non-hydrogen) atoms. The Balaban J connectivity index is 1.49. The SMILES string of the molecule is NC1=NC(=O)/C(=C/c2cc(Br)ccc2OCC(=O)Nc2cccc3ccccc23)S1. The molecule has 0 unspecified atom stereocenters. The number of anilines is 1. The quantitative estimate of drug-likeness (QED) is 0.521. The fourth-order valence-electron chi connectivity index (χ4n) is 2.99. The van der Waals surface area contributed by atoms with Crippen molar-refractivity contribution in [1.29, 1.82) is 0 Å². The number of rotatable bonds is 5. The molecule has 0 aromatic heterocycles. The lowest BCUT2D eigenvalue weighted by atomic mass is 10.1. The number of ether oxygens (including phenoxy) is 1. The van der Waals surface area contributed by atoms with E-state index in [0.717, 1.165) is 32.7 Å². The molecule has 3 aromatic carbocycles. The van der Waals surface area contributed by atoms with Gasteiger partial charge in [-0.25, -0.2) is 0 Å². The number of hydrogen-bond donors (Lipinski definition) is 2. The van der Waals surface area contributed by atoms with Gasteiger partial charge in [-0.1, -0.05) is 52.3 Å². The molecule has 2 amide bonds. The minimum atomic E-state index is -0.392. The lowest BCUT2D eigenvalue weighted by molar-refractivity contribution is -0.118. The molecule has 3 aromatic rings. The summed E-state index contributed by atoms with van der Waals surface area (Å²) in [5.74, 6) is -0.207. The number of nitrogens with zero attached hydrogens (tertiary/aromatic N) is 1. The molecule has 0 bridgehead atoms. The Morgan fingerprint density at radius 1 is 1.17 bits per heavy atom. The Morgan fingerprint density at radius 2 is 1.97 bits per heavy atom. The molecule has 150 valence electrons. The third kappa shape index (κ3) is 4.55. The standard InChI is InChI=1S/C22H16BrN3O3S/c23-15-8-9-18(14(10-15)11-19-21(28)26-22(24)30-19)29-12-20(27)25-17-7-3-5-13-4-1-2-6-16(13)17/h1-11H,12H2,(H,25,27)(H2,24,26,28)/b19-11-. The molecule has 0 radical (unpaired) electrons. The summed E-state index contributed by atoms with van der Waals surface area (Å²) in [4.78, 5) is 28.5. The van der Waals surface area contributed by atoms with Gasteiger partial charge in [0.25, 0.3) is 11.8 Å². The predicted molar refractivity (Wildman–Crippen MR) is 124 cm³/mol. The van der Waals surface area contributed by atoms with Crippen LogP contribution in [0.4, 0.5) is 5.69 Å². The van der Waals surface area contributed by atoms with E-state index < -0.39 is 5.91 Å². The Morgan fingerprint density at radius 3 is 2.77 bits per heavy atom. The number of thioether (sulfide) groups is 1. The Kier molecular flexibility index (Phi) is 5.87. The largest absolute Gasteiger partial charge is 0.483 e. The number of benzene rings is 3. The van der Waals surface area contributed by atoms with Crippen molar-refractivity contribution in [2.24, 2.45) is 10.7 Å². The smallest absolute Gasteiger partial charge is 0.286 e. The zero-order valence-corrected chi connectivity index (χ0v) is 18.0. The second kappa shape index (κ2) is 8.73. The van der Waals surface area contributed by atoms with Gasteiger partial charge in [0.05, 0.1) is 4.91 Å². The van der Waals surface area contributed by atoms with Crippen LogP contribution >= 0.6 is 27.7 Å². The van der Waals surface area contributed by atoms with Crippen molar-refractivity contribution in [1.82, 2.24) is 0 Å². The minimum Gasteiger partial charge on any atom is -0.483 e. The summed E-state index contributed by atoms with van der Waals surface area (Å²) in [6.07, 6.45) is 1.65. The monoisotopic (exact) mass is 481 g/mol. The normalized spacial score (nSPS) is 14.8. The van der Waals surface area contributed by atoms with Crippen LogP contribution in [0.2, 0.25) is 0 Å². The molecule has 0 fully saturated rings. The van der Waals surface area contributed by atoms with Crippen LogP contribution in [-0.2, 0) is 9.59 Å². The summed E-state index contributed by atoms with van der Waals surface area (Å²) < 4.78 is 6.56. The van der Waals surface area contributed by atoms with E-state index in [1.807, 2.05) is 42.5 Å². The maximum absolute atomic E-state index is 12.5. The minimum absolute atomic E-state index is 0.180. The van der Waals surface area contributed by atoms with Crippen LogP contribution in [0.25, 0.3) is 16.8 Å². The second-order valence-corrected chi connectivity index (χ2v) is 8.39. The van der Waals surface area contributed by atoms with Gasteiger partial charge in [-0.05, 0) is 47.5 Å². The Labute approximate surface area is 185 Å². The van der Waals surface area contributed by atoms with Gasteiger partial charge in [-0.3, -0.25) is 9.59 Å². The van der Waals surface area contributed by atoms with E-state index in [1.54, 1.807) is 24.3 Å². The first kappa shape index (κ1) is 20.2. The van der Waals surface area contributed by atoms with Crippen molar-refractivity contribution < 1.29 is 14.3 Å². The van der Waals surface area contributed by atoms with Crippen molar-refractivity contribution >= 4 is 67.2 Å². The second-order valence-electron chi connectivity index (χ2n) is 6.41. The molecule has 1 aliphatic heterocycles. The van der Waals surface area contributed by atoms with Crippen LogP contribution in [0, 0.1) is 0 Å². The number of amidine groups is 1. The van der Waals surface area contributed by atoms with E-state index in [9.17, 15) is 9.59 Å². The summed E-state index contributed by atoms with van der Waals surface area (Å²) in [5, 5.41) is 5.09. The lowest BCUT2D eigenvalue weighted by Gasteiger charge is -2.12. The highest BCUT2D eigenvalue weighted by molar-refractivity contribution is 9.10. The van der Waals surface area contributed by atoms with Crippen molar-refractivity contribution in [2.45, 2.75) is 0 Å². The molecule has 1 heterocycles. The van der Waals surface area contributed by atoms with Gasteiger partial charge < -0.3 is 15.8 Å². The molecule has 6 nitrogen and oxygen atoms in total. The van der Waals surface area contributed by atoms with Gasteiger partial charge in [0.2, 0.25) is 0 Å². The van der Waals surface area contributed by atoms with Crippen molar-refractivity contribution in [3.05, 3.63) is 75.6 Å². The summed E-state index contributed by atoms with van der Waals surface area (Å²) in [5.41, 5.74) is 6.97. The van der Waals surface area contributed by atoms with Crippen molar-refractivity contribution in [3.63, 3.8) is 0 Å². The summed E-state index contributed by atoms with van der Waals surface area (Å²) >= 11 is 4.51. The molecule has 0 aliphatic carbocycles. The maximum atomic E-state index is 12.5. The molecular weight excluding hydrogens is 466 g/mol. The van der Waals surface area contributed by atoms with Gasteiger partial charge in [0.1, 0.15) is 5.75 Å². The molecule has 0 saturated heterocycles. The number of nitrogens with two attached hydrogens (primary N) is 1. The highest BCUT2D eigenvalue weighted by Crippen LogP contribution is 2.31. The highest BCUT2D eigenvalue weighted by atomic mass is 79.9. The third-order valence-corrected chi connectivity index (χ3v) is 5.62. The van der Waals surface area contributed by atoms with Crippen LogP contribution in [0.15, 0.2) is 75.0 Å². The molecule has 4 rings (SSSR count). The highest BCUT2D eigenvalue weighted by Gasteiger charge is 2.20. The summed E-state index contributed by atoms with van der Waals surface area (Å²) in [6, 6.07) is 18.9. The van der Waals surface area contributed by atoms with E-state index in [-0.39, 0.29) is 17.7 Å². The van der Waals surface area contributed by atoms with Gasteiger partial charge in [0.15, 0.2) is 11.8 Å². The van der Waals surface area contributed by atoms with Gasteiger partial charge in [0, 0.05) is 21.1 Å². The Hall–Kier alpha value is -3.10. The average Bonchev–Trinajstić information content (AvgIpc) is 3.04. The van der Waals surface area contributed by atoms with Gasteiger partial charge in [-0.15, -0.1) is 0 Å². The number of carbonyl (C=O) groups is 2. The van der Waals surface area contributed by atoms with Crippen LogP contribution in [0.3, 0.4) is 0 Å². The van der Waals surface area contributed by atoms with Crippen LogP contribution in [0.5, 0.6) is 5.75 Å². The number of aliphatic imine (C=N–C) groups is 1. The zero-order chi connectivity index (χ0) is 21.1. The fourth-order valence-corrected chi connectivity index (χ4v) is 4.05. The first-order valence-electron chi connectivity index (χ1n) is 8.97. The molecule has 3 N–H and O–H groups in total. The number of amides is 2. The number of nitrogens with one attached hydrogen (secondary N) is 1. The van der Waals surface area contributed by atoms with Crippen LogP contribution < -0.4 is 15.8 Å². The first-order chi connectivity index (χ1) is 14.5. The summed E-state index contributed by atoms with van der Waals surface area (Å²) in [6.45, 7) is -0.180. The Bertz CT molecular complexity index is 1220. The maximum Gasteiger partial charge on any atom is 0.286 e. The number of carbonyl (C=O) groups excluding carboxylic acids is 2. The van der Waals surface area contributed by atoms with Crippen LogP contribution in [-0.4, -0.2) is 23.6 Å². The van der Waals surface area contributed by atoms with E-state index in [4.69, 9.17) is 10.5 Å². The molecule has 0 atom stereocenters. The number of fused-ring (bicyclic) bond motifs is 1. The lowest BCUT2D eigenvalue weighted by Crippen LogP contribution is -2.20. The molecule has 0 spiro atoms. The zero-order valence-electron chi connectivity index (χ0n) is 15.6. The fraction of sp³-hybridized carbons (Fsp3) is 0.0455. The molecule has 0 saturated carbocycles. The van der Waals surface area contributed by atoms with Gasteiger partial charge in [-0.2, -0.15) is 4.99 Å². The van der Waals surface area contributed by atoms with E-state index in [0.29, 0.717) is 16.2 Å². The number of halogens is 1. The van der Waals surface area contributed by atoms with Crippen molar-refractivity contribution in [3.8, 4) is 5.75 Å². The molecule has 1 aliphatic rings. The van der Waals surface area contributed by atoms with E-state index >= 15 is 0 Å². The van der Waals surface area contributed by atoms with Gasteiger partial charge >= 0.3 is 0 Å². The van der Waals surface area contributed by atoms with E-state index in [2.05, 4.69) is 26.2 Å². The third-order valence-electron chi connectivity index (χ3n) is 4.32. The first-order valence-corrected chi connectivity index (χ1v) is 10.6. The topological polar surface area (TPSA) is 93.8 Å². The van der Waals surface area contributed by atoms with Crippen LogP contribution in [0.1, 0.15) is 5.56 Å². The molecule has 8 heteroatoms. The predicted octanol–water partition coefficient (Wildman–Crippen LogP) is 4.55. The van der Waals surface area contributed by atoms with Crippen molar-refractivity contribution in [2.75, 3.05) is 11.9 Å².